The molecule has 0 aromatic rings. The Kier molecular flexibility index (Phi) is 7.08. The third-order valence-corrected chi connectivity index (χ3v) is 5.10. The average molecular weight is 273 g/mol. The van der Waals surface area contributed by atoms with E-state index in [4.69, 9.17) is 5.11 Å². The molecule has 1 rings (SSSR count). The number of amides is 1. The highest BCUT2D eigenvalue weighted by Crippen LogP contribution is 2.26. The molecule has 0 aromatic carbocycles. The van der Waals surface area contributed by atoms with Gasteiger partial charge in [0.05, 0.1) is 5.25 Å². The summed E-state index contributed by atoms with van der Waals surface area (Å²) >= 11 is 1.67. The summed E-state index contributed by atoms with van der Waals surface area (Å²) in [5.41, 5.74) is 0. The Bertz CT molecular complexity index is 254. The zero-order valence-corrected chi connectivity index (χ0v) is 12.7. The molecule has 0 bridgehead atoms. The topological polar surface area (TPSA) is 40.5 Å². The Hall–Kier alpha value is -0.220. The minimum absolute atomic E-state index is 0.00141. The number of rotatable bonds is 6. The predicted octanol–water partition coefficient (Wildman–Crippen LogP) is 2.67. The minimum atomic E-state index is -0.00141. The summed E-state index contributed by atoms with van der Waals surface area (Å²) in [5.74, 6) is 0.247. The number of aliphatic hydroxyl groups excluding tert-OH is 1. The van der Waals surface area contributed by atoms with E-state index in [9.17, 15) is 4.79 Å². The van der Waals surface area contributed by atoms with Gasteiger partial charge in [-0.1, -0.05) is 26.2 Å². The minimum Gasteiger partial charge on any atom is -0.396 e. The molecule has 3 nitrogen and oxygen atoms in total. The van der Waals surface area contributed by atoms with E-state index in [2.05, 4.69) is 6.92 Å². The van der Waals surface area contributed by atoms with Crippen LogP contribution in [0.2, 0.25) is 0 Å². The van der Waals surface area contributed by atoms with E-state index in [-0.39, 0.29) is 17.8 Å². The van der Waals surface area contributed by atoms with Crippen LogP contribution in [0.5, 0.6) is 0 Å². The molecule has 1 fully saturated rings. The lowest BCUT2D eigenvalue weighted by molar-refractivity contribution is -0.131. The molecule has 106 valence electrons. The molecular formula is C14H27NO2S. The van der Waals surface area contributed by atoms with E-state index in [0.717, 1.165) is 19.3 Å². The quantitative estimate of drug-likeness (QED) is 0.809. The Balaban J connectivity index is 2.41. The third-order valence-electron chi connectivity index (χ3n) is 3.79. The highest BCUT2D eigenvalue weighted by molar-refractivity contribution is 8.01. The standard InChI is InChI=1S/C14H27NO2S/c1-11(9-10-16)18-12(2)14(17)15(3)13-7-5-4-6-8-13/h11-13,16H,4-10H2,1-3H3/t11-,12+/m1/s1. The van der Waals surface area contributed by atoms with E-state index >= 15 is 0 Å². The van der Waals surface area contributed by atoms with Gasteiger partial charge in [0, 0.05) is 24.9 Å². The van der Waals surface area contributed by atoms with Crippen LogP contribution in [0.15, 0.2) is 0 Å². The summed E-state index contributed by atoms with van der Waals surface area (Å²) in [6, 6.07) is 0.447. The number of carbonyl (C=O) groups excluding carboxylic acids is 1. The molecular weight excluding hydrogens is 246 g/mol. The molecule has 0 unspecified atom stereocenters. The van der Waals surface area contributed by atoms with E-state index in [1.807, 2.05) is 18.9 Å². The number of hydrogen-bond donors (Lipinski definition) is 1. The number of aliphatic hydroxyl groups is 1. The van der Waals surface area contributed by atoms with Crippen LogP contribution in [-0.4, -0.2) is 46.1 Å². The van der Waals surface area contributed by atoms with Crippen LogP contribution in [0.4, 0.5) is 0 Å². The maximum atomic E-state index is 12.3. The van der Waals surface area contributed by atoms with Crippen molar-refractivity contribution in [2.75, 3.05) is 13.7 Å². The van der Waals surface area contributed by atoms with Gasteiger partial charge >= 0.3 is 0 Å². The van der Waals surface area contributed by atoms with Crippen molar-refractivity contribution in [1.82, 2.24) is 4.90 Å². The smallest absolute Gasteiger partial charge is 0.235 e. The molecule has 1 aliphatic carbocycles. The maximum Gasteiger partial charge on any atom is 0.235 e. The number of thioether (sulfide) groups is 1. The summed E-state index contributed by atoms with van der Waals surface area (Å²) in [7, 11) is 1.95. The number of hydrogen-bond acceptors (Lipinski definition) is 3. The normalized spacial score (nSPS) is 20.4. The van der Waals surface area contributed by atoms with Crippen molar-refractivity contribution in [2.45, 2.75) is 68.9 Å². The van der Waals surface area contributed by atoms with Crippen molar-refractivity contribution in [3.8, 4) is 0 Å². The van der Waals surface area contributed by atoms with Crippen LogP contribution in [0.25, 0.3) is 0 Å². The van der Waals surface area contributed by atoms with Crippen molar-refractivity contribution < 1.29 is 9.90 Å². The second kappa shape index (κ2) is 8.05. The Morgan fingerprint density at radius 3 is 2.50 bits per heavy atom. The molecule has 0 aliphatic heterocycles. The average Bonchev–Trinajstić information content (AvgIpc) is 2.38. The lowest BCUT2D eigenvalue weighted by atomic mass is 9.94. The summed E-state index contributed by atoms with van der Waals surface area (Å²) in [6.07, 6.45) is 6.90. The van der Waals surface area contributed by atoms with Crippen molar-refractivity contribution >= 4 is 17.7 Å². The number of nitrogens with zero attached hydrogens (tertiary/aromatic N) is 1. The van der Waals surface area contributed by atoms with Gasteiger partial charge in [-0.25, -0.2) is 0 Å². The van der Waals surface area contributed by atoms with E-state index in [1.54, 1.807) is 11.8 Å². The van der Waals surface area contributed by atoms with Crippen molar-refractivity contribution in [3.63, 3.8) is 0 Å². The first-order valence-corrected chi connectivity index (χ1v) is 8.03. The van der Waals surface area contributed by atoms with Gasteiger partial charge in [-0.3, -0.25) is 4.79 Å². The first kappa shape index (κ1) is 15.8. The largest absolute Gasteiger partial charge is 0.396 e. The van der Waals surface area contributed by atoms with Crippen LogP contribution in [-0.2, 0) is 4.79 Å². The Morgan fingerprint density at radius 1 is 1.33 bits per heavy atom. The van der Waals surface area contributed by atoms with Crippen LogP contribution in [0.1, 0.15) is 52.4 Å². The third kappa shape index (κ3) is 4.81. The molecule has 1 aliphatic rings. The SMILES string of the molecule is C[C@H](CCO)S[C@@H](C)C(=O)N(C)C1CCCCC1. The Morgan fingerprint density at radius 2 is 1.94 bits per heavy atom. The molecule has 0 saturated heterocycles. The summed E-state index contributed by atoms with van der Waals surface area (Å²) in [6.45, 7) is 4.26. The van der Waals surface area contributed by atoms with Gasteiger partial charge in [-0.2, -0.15) is 0 Å². The van der Waals surface area contributed by atoms with Crippen molar-refractivity contribution in [2.24, 2.45) is 0 Å². The lowest BCUT2D eigenvalue weighted by Gasteiger charge is -2.33. The van der Waals surface area contributed by atoms with E-state index in [0.29, 0.717) is 11.3 Å². The summed E-state index contributed by atoms with van der Waals surface area (Å²) in [5, 5.41) is 9.23. The Labute approximate surface area is 115 Å². The van der Waals surface area contributed by atoms with Gasteiger partial charge in [0.15, 0.2) is 0 Å². The fourth-order valence-corrected chi connectivity index (χ4v) is 3.81. The first-order chi connectivity index (χ1) is 8.56. The van der Waals surface area contributed by atoms with Gasteiger partial charge in [-0.05, 0) is 26.2 Å². The van der Waals surface area contributed by atoms with E-state index in [1.165, 1.54) is 19.3 Å². The fraction of sp³-hybridized carbons (Fsp3) is 0.929. The van der Waals surface area contributed by atoms with Gasteiger partial charge < -0.3 is 10.0 Å². The molecule has 0 radical (unpaired) electrons. The van der Waals surface area contributed by atoms with Gasteiger partial charge in [0.2, 0.25) is 5.91 Å². The molecule has 2 atom stereocenters. The molecule has 0 spiro atoms. The molecule has 1 saturated carbocycles. The van der Waals surface area contributed by atoms with Gasteiger partial charge in [-0.15, -0.1) is 11.8 Å². The van der Waals surface area contributed by atoms with E-state index < -0.39 is 0 Å². The first-order valence-electron chi connectivity index (χ1n) is 7.09. The van der Waals surface area contributed by atoms with Gasteiger partial charge in [0.25, 0.3) is 0 Å². The highest BCUT2D eigenvalue weighted by atomic mass is 32.2. The lowest BCUT2D eigenvalue weighted by Crippen LogP contribution is -2.42. The van der Waals surface area contributed by atoms with Crippen LogP contribution >= 0.6 is 11.8 Å². The predicted molar refractivity (Wildman–Crippen MR) is 77.9 cm³/mol. The molecule has 4 heteroatoms. The van der Waals surface area contributed by atoms with Gasteiger partial charge in [0.1, 0.15) is 0 Å². The zero-order chi connectivity index (χ0) is 13.5. The van der Waals surface area contributed by atoms with Crippen LogP contribution < -0.4 is 0 Å². The second-order valence-electron chi connectivity index (χ2n) is 5.34. The number of carbonyl (C=O) groups is 1. The highest BCUT2D eigenvalue weighted by Gasteiger charge is 2.26. The molecule has 0 aromatic heterocycles. The van der Waals surface area contributed by atoms with Crippen molar-refractivity contribution in [1.29, 1.82) is 0 Å². The monoisotopic (exact) mass is 273 g/mol. The second-order valence-corrected chi connectivity index (χ2v) is 7.13. The van der Waals surface area contributed by atoms with Crippen LogP contribution in [0, 0.1) is 0 Å². The fourth-order valence-electron chi connectivity index (χ4n) is 2.59. The summed E-state index contributed by atoms with van der Waals surface area (Å²) < 4.78 is 0. The maximum absolute atomic E-state index is 12.3. The van der Waals surface area contributed by atoms with Crippen molar-refractivity contribution in [3.05, 3.63) is 0 Å². The molecule has 18 heavy (non-hydrogen) atoms. The van der Waals surface area contributed by atoms with Crippen LogP contribution in [0.3, 0.4) is 0 Å². The molecule has 1 amide bonds. The molecule has 1 N–H and O–H groups in total. The molecule has 0 heterocycles. The summed E-state index contributed by atoms with van der Waals surface area (Å²) in [4.78, 5) is 14.3. The zero-order valence-electron chi connectivity index (χ0n) is 11.9.